The maximum Gasteiger partial charge on any atom is 0.276 e. The number of hydrazine groups is 1. The van der Waals surface area contributed by atoms with E-state index in [4.69, 9.17) is 17.0 Å². The average molecular weight is 357 g/mol. The van der Waals surface area contributed by atoms with E-state index in [2.05, 4.69) is 23.1 Å². The molecule has 0 aliphatic rings. The Kier molecular flexibility index (Phi) is 6.91. The number of nitrogens with one attached hydrogen (secondary N) is 3. The zero-order valence-corrected chi connectivity index (χ0v) is 14.6. The Labute approximate surface area is 151 Å². The summed E-state index contributed by atoms with van der Waals surface area (Å²) in [5, 5.41) is 2.46. The predicted octanol–water partition coefficient (Wildman–Crippen LogP) is 1.96. The molecule has 2 rings (SSSR count). The van der Waals surface area contributed by atoms with Gasteiger partial charge in [0.25, 0.3) is 11.8 Å². The summed E-state index contributed by atoms with van der Waals surface area (Å²) in [4.78, 5) is 23.6. The molecule has 0 saturated heterocycles. The van der Waals surface area contributed by atoms with Crippen molar-refractivity contribution in [3.63, 3.8) is 0 Å². The second-order valence-corrected chi connectivity index (χ2v) is 5.52. The van der Waals surface area contributed by atoms with Gasteiger partial charge in [0.15, 0.2) is 11.7 Å². The fourth-order valence-electron chi connectivity index (χ4n) is 1.93. The molecule has 25 heavy (non-hydrogen) atoms. The first kappa shape index (κ1) is 18.4. The van der Waals surface area contributed by atoms with Gasteiger partial charge in [-0.05, 0) is 48.5 Å². The summed E-state index contributed by atoms with van der Waals surface area (Å²) in [5.74, 6) is -0.178. The van der Waals surface area contributed by atoms with Gasteiger partial charge >= 0.3 is 0 Å². The van der Waals surface area contributed by atoms with E-state index in [9.17, 15) is 9.59 Å². The van der Waals surface area contributed by atoms with Crippen LogP contribution in [0.2, 0.25) is 0 Å². The van der Waals surface area contributed by atoms with Crippen LogP contribution in [0.15, 0.2) is 54.6 Å². The molecule has 0 atom stereocenters. The van der Waals surface area contributed by atoms with Crippen LogP contribution in [0.5, 0.6) is 5.75 Å². The van der Waals surface area contributed by atoms with E-state index < -0.39 is 5.91 Å². The number of amides is 2. The monoisotopic (exact) mass is 357 g/mol. The molecule has 0 fully saturated rings. The van der Waals surface area contributed by atoms with Gasteiger partial charge in [0, 0.05) is 5.56 Å². The van der Waals surface area contributed by atoms with Crippen LogP contribution in [0.1, 0.15) is 22.8 Å². The lowest BCUT2D eigenvalue weighted by molar-refractivity contribution is -0.123. The van der Waals surface area contributed by atoms with Crippen molar-refractivity contribution in [1.29, 1.82) is 0 Å². The molecule has 7 heteroatoms. The number of thiocarbonyl (C=S) groups is 1. The Hall–Kier alpha value is -2.93. The lowest BCUT2D eigenvalue weighted by Crippen LogP contribution is -2.49. The zero-order valence-electron chi connectivity index (χ0n) is 13.7. The highest BCUT2D eigenvalue weighted by atomic mass is 32.1. The molecule has 0 saturated carbocycles. The van der Waals surface area contributed by atoms with Crippen molar-refractivity contribution in [3.05, 3.63) is 65.7 Å². The van der Waals surface area contributed by atoms with Gasteiger partial charge in [0.2, 0.25) is 0 Å². The summed E-state index contributed by atoms with van der Waals surface area (Å²) in [6.07, 6.45) is 0.941. The molecule has 2 aromatic carbocycles. The molecular formula is C18H19N3O3S. The van der Waals surface area contributed by atoms with E-state index in [0.717, 1.165) is 6.42 Å². The number of aryl methyl sites for hydroxylation is 1. The molecule has 3 N–H and O–H groups in total. The normalized spacial score (nSPS) is 9.80. The van der Waals surface area contributed by atoms with E-state index in [1.54, 1.807) is 24.3 Å². The molecule has 0 aromatic heterocycles. The first-order chi connectivity index (χ1) is 12.1. The van der Waals surface area contributed by atoms with Crippen LogP contribution >= 0.6 is 12.2 Å². The quantitative estimate of drug-likeness (QED) is 0.563. The van der Waals surface area contributed by atoms with Crippen LogP contribution in [0.25, 0.3) is 0 Å². The van der Waals surface area contributed by atoms with Gasteiger partial charge in [-0.3, -0.25) is 25.8 Å². The standard InChI is InChI=1S/C18H19N3O3S/c1-2-13-8-10-15(11-9-13)24-12-16(22)20-21-18(25)19-17(23)14-6-4-3-5-7-14/h3-11H,2,12H2,1H3,(H,20,22)(H2,19,21,23,25). The summed E-state index contributed by atoms with van der Waals surface area (Å²) in [5.41, 5.74) is 6.48. The fourth-order valence-corrected chi connectivity index (χ4v) is 2.07. The van der Waals surface area contributed by atoms with Crippen LogP contribution < -0.4 is 20.9 Å². The molecule has 0 spiro atoms. The number of hydrogen-bond acceptors (Lipinski definition) is 4. The molecule has 0 unspecified atom stereocenters. The van der Waals surface area contributed by atoms with E-state index >= 15 is 0 Å². The third kappa shape index (κ3) is 6.23. The number of carbonyl (C=O) groups excluding carboxylic acids is 2. The second-order valence-electron chi connectivity index (χ2n) is 5.11. The molecule has 0 aliphatic carbocycles. The molecule has 0 radical (unpaired) electrons. The van der Waals surface area contributed by atoms with E-state index in [1.165, 1.54) is 5.56 Å². The van der Waals surface area contributed by atoms with E-state index in [1.807, 2.05) is 30.3 Å². The average Bonchev–Trinajstić information content (AvgIpc) is 2.65. The number of carbonyl (C=O) groups is 2. The van der Waals surface area contributed by atoms with Crippen molar-refractivity contribution >= 4 is 29.1 Å². The van der Waals surface area contributed by atoms with Crippen molar-refractivity contribution in [2.45, 2.75) is 13.3 Å². The summed E-state index contributed by atoms with van der Waals surface area (Å²) < 4.78 is 5.37. The first-order valence-electron chi connectivity index (χ1n) is 7.75. The van der Waals surface area contributed by atoms with E-state index in [0.29, 0.717) is 11.3 Å². The lowest BCUT2D eigenvalue weighted by atomic mass is 10.2. The van der Waals surface area contributed by atoms with Gasteiger partial charge < -0.3 is 4.74 Å². The third-order valence-electron chi connectivity index (χ3n) is 3.28. The summed E-state index contributed by atoms with van der Waals surface area (Å²) in [6, 6.07) is 16.1. The van der Waals surface area contributed by atoms with Gasteiger partial charge in [0.05, 0.1) is 0 Å². The van der Waals surface area contributed by atoms with Gasteiger partial charge in [-0.25, -0.2) is 0 Å². The Morgan fingerprint density at radius 1 is 1.00 bits per heavy atom. The largest absolute Gasteiger partial charge is 0.484 e. The smallest absolute Gasteiger partial charge is 0.276 e. The van der Waals surface area contributed by atoms with Crippen molar-refractivity contribution in [1.82, 2.24) is 16.2 Å². The van der Waals surface area contributed by atoms with Crippen molar-refractivity contribution < 1.29 is 14.3 Å². The Bertz CT molecular complexity index is 733. The second kappa shape index (κ2) is 9.39. The Balaban J connectivity index is 1.70. The Morgan fingerprint density at radius 3 is 2.32 bits per heavy atom. The van der Waals surface area contributed by atoms with Crippen LogP contribution in [0.4, 0.5) is 0 Å². The minimum Gasteiger partial charge on any atom is -0.484 e. The molecule has 0 bridgehead atoms. The van der Waals surface area contributed by atoms with Crippen molar-refractivity contribution in [3.8, 4) is 5.75 Å². The van der Waals surface area contributed by atoms with Crippen molar-refractivity contribution in [2.24, 2.45) is 0 Å². The number of rotatable bonds is 5. The molecule has 6 nitrogen and oxygen atoms in total. The van der Waals surface area contributed by atoms with Gasteiger partial charge in [0.1, 0.15) is 5.75 Å². The third-order valence-corrected chi connectivity index (χ3v) is 3.48. The van der Waals surface area contributed by atoms with Gasteiger partial charge in [-0.1, -0.05) is 37.3 Å². The van der Waals surface area contributed by atoms with Crippen molar-refractivity contribution in [2.75, 3.05) is 6.61 Å². The molecule has 2 aromatic rings. The maximum absolute atomic E-state index is 11.9. The molecule has 0 heterocycles. The maximum atomic E-state index is 11.9. The first-order valence-corrected chi connectivity index (χ1v) is 8.16. The SMILES string of the molecule is CCc1ccc(OCC(=O)NNC(=S)NC(=O)c2ccccc2)cc1. The number of ether oxygens (including phenoxy) is 1. The van der Waals surface area contributed by atoms with Gasteiger partial charge in [-0.2, -0.15) is 0 Å². The Morgan fingerprint density at radius 2 is 1.68 bits per heavy atom. The number of benzene rings is 2. The van der Waals surface area contributed by atoms with Gasteiger partial charge in [-0.15, -0.1) is 0 Å². The van der Waals surface area contributed by atoms with Crippen LogP contribution in [-0.4, -0.2) is 23.5 Å². The molecule has 130 valence electrons. The molecule has 0 aliphatic heterocycles. The summed E-state index contributed by atoms with van der Waals surface area (Å²) in [6.45, 7) is 1.89. The molecular weight excluding hydrogens is 338 g/mol. The summed E-state index contributed by atoms with van der Waals surface area (Å²) >= 11 is 4.96. The van der Waals surface area contributed by atoms with Crippen LogP contribution in [-0.2, 0) is 11.2 Å². The number of hydrogen-bond donors (Lipinski definition) is 3. The zero-order chi connectivity index (χ0) is 18.1. The highest BCUT2D eigenvalue weighted by molar-refractivity contribution is 7.80. The van der Waals surface area contributed by atoms with E-state index in [-0.39, 0.29) is 17.6 Å². The topological polar surface area (TPSA) is 79.5 Å². The van der Waals surface area contributed by atoms with Crippen LogP contribution in [0, 0.1) is 0 Å². The highest BCUT2D eigenvalue weighted by Crippen LogP contribution is 2.12. The summed E-state index contributed by atoms with van der Waals surface area (Å²) in [7, 11) is 0. The molecule has 2 amide bonds. The predicted molar refractivity (Wildman–Crippen MR) is 99.1 cm³/mol. The lowest BCUT2D eigenvalue weighted by Gasteiger charge is -2.11. The minimum atomic E-state index is -0.420. The van der Waals surface area contributed by atoms with Crippen LogP contribution in [0.3, 0.4) is 0 Å². The minimum absolute atomic E-state index is 0.00509. The fraction of sp³-hybridized carbons (Fsp3) is 0.167. The highest BCUT2D eigenvalue weighted by Gasteiger charge is 2.08.